The van der Waals surface area contributed by atoms with Crippen molar-refractivity contribution in [3.8, 4) is 17.3 Å². The first-order valence-electron chi connectivity index (χ1n) is 16.5. The van der Waals surface area contributed by atoms with Crippen LogP contribution in [0.5, 0.6) is 5.75 Å². The Labute approximate surface area is 270 Å². The number of aryl methyl sites for hydroxylation is 2. The SMILES string of the molecule is COc1cc(C(=O)N2C[C@@H](O)C[C@@H](N)[C@H]2C)cc2nc(-c3cc4ccc5nc4n3CCCCCCC(C)(C)C(=O)N[C@@H]5C)n(C)c12. The molecule has 2 bridgehead atoms. The third-order valence-corrected chi connectivity index (χ3v) is 10.1. The number of benzene rings is 1. The molecule has 0 aliphatic carbocycles. The lowest BCUT2D eigenvalue weighted by molar-refractivity contribution is -0.130. The number of β-amino-alcohol motifs (C(OH)–C–C–N with tert-alkyl or cyclic N) is 1. The number of aromatic nitrogens is 4. The van der Waals surface area contributed by atoms with Gasteiger partial charge >= 0.3 is 0 Å². The fourth-order valence-electron chi connectivity index (χ4n) is 7.03. The molecule has 0 spiro atoms. The molecule has 11 heteroatoms. The van der Waals surface area contributed by atoms with Crippen molar-refractivity contribution in [1.82, 2.24) is 29.3 Å². The fraction of sp³-hybridized carbons (Fsp3) is 0.543. The summed E-state index contributed by atoms with van der Waals surface area (Å²) < 4.78 is 10.1. The van der Waals surface area contributed by atoms with Gasteiger partial charge in [0, 0.05) is 48.6 Å². The monoisotopic (exact) mass is 629 g/mol. The van der Waals surface area contributed by atoms with Gasteiger partial charge in [-0.2, -0.15) is 0 Å². The molecule has 46 heavy (non-hydrogen) atoms. The number of carbonyl (C=O) groups excluding carboxylic acids is 2. The molecule has 4 atom stereocenters. The first-order chi connectivity index (χ1) is 21.9. The Bertz CT molecular complexity index is 1790. The maximum Gasteiger partial charge on any atom is 0.254 e. The Balaban J connectivity index is 1.43. The highest BCUT2D eigenvalue weighted by atomic mass is 16.5. The van der Waals surface area contributed by atoms with E-state index in [0.717, 1.165) is 72.4 Å². The number of carbonyl (C=O) groups is 2. The molecular formula is C35H47N7O4. The second-order valence-electron chi connectivity index (χ2n) is 13.9. The summed E-state index contributed by atoms with van der Waals surface area (Å²) in [6.45, 7) is 8.96. The van der Waals surface area contributed by atoms with Crippen LogP contribution in [-0.2, 0) is 18.4 Å². The molecule has 5 heterocycles. The fourth-order valence-corrected chi connectivity index (χ4v) is 7.03. The normalized spacial score (nSPS) is 24.3. The zero-order chi connectivity index (χ0) is 32.9. The van der Waals surface area contributed by atoms with Crippen LogP contribution in [0.4, 0.5) is 0 Å². The van der Waals surface area contributed by atoms with E-state index in [-0.39, 0.29) is 36.5 Å². The number of pyridine rings is 1. The van der Waals surface area contributed by atoms with E-state index in [4.69, 9.17) is 20.4 Å². The van der Waals surface area contributed by atoms with Gasteiger partial charge in [-0.15, -0.1) is 0 Å². The number of imidazole rings is 1. The minimum Gasteiger partial charge on any atom is -0.494 e. The molecule has 6 rings (SSSR count). The van der Waals surface area contributed by atoms with Gasteiger partial charge in [0.15, 0.2) is 5.82 Å². The molecule has 0 radical (unpaired) electrons. The number of nitrogens with zero attached hydrogens (tertiary/aromatic N) is 5. The summed E-state index contributed by atoms with van der Waals surface area (Å²) in [6, 6.07) is 8.98. The third kappa shape index (κ3) is 5.75. The molecule has 246 valence electrons. The average Bonchev–Trinajstić information content (AvgIpc) is 3.55. The minimum absolute atomic E-state index is 0.0512. The topological polar surface area (TPSA) is 141 Å². The van der Waals surface area contributed by atoms with Gasteiger partial charge in [0.05, 0.1) is 36.2 Å². The van der Waals surface area contributed by atoms with Gasteiger partial charge in [-0.1, -0.05) is 33.1 Å². The summed E-state index contributed by atoms with van der Waals surface area (Å²) in [6.07, 6.45) is 4.71. The molecule has 2 aliphatic heterocycles. The van der Waals surface area contributed by atoms with Crippen molar-refractivity contribution in [1.29, 1.82) is 0 Å². The van der Waals surface area contributed by atoms with Crippen molar-refractivity contribution in [2.75, 3.05) is 13.7 Å². The van der Waals surface area contributed by atoms with E-state index in [9.17, 15) is 14.7 Å². The number of piperidine rings is 1. The van der Waals surface area contributed by atoms with Gasteiger partial charge in [0.2, 0.25) is 5.91 Å². The molecule has 0 unspecified atom stereocenters. The number of likely N-dealkylation sites (tertiary alicyclic amines) is 1. The predicted octanol–water partition coefficient (Wildman–Crippen LogP) is 4.69. The van der Waals surface area contributed by atoms with Crippen LogP contribution < -0.4 is 15.8 Å². The number of hydrogen-bond acceptors (Lipinski definition) is 7. The standard InChI is InChI=1S/C35H47N7O4/c1-20-26-12-11-22-16-28(41(31(22)38-26)14-10-8-7-9-13-35(3,4)34(45)37-20)32-39-27-15-23(17-29(46-6)30(27)40(32)5)33(44)42-19-24(43)18-25(36)21(42)2/h11-12,15-17,20-21,24-25,43H,7-10,13-14,18-19,36H2,1-6H3,(H,37,45)/t20-,21-,24+,25-/m1/s1. The number of amides is 2. The van der Waals surface area contributed by atoms with Gasteiger partial charge in [-0.25, -0.2) is 9.97 Å². The highest BCUT2D eigenvalue weighted by Crippen LogP contribution is 2.36. The number of fused-ring (bicyclic) bond motifs is 2. The van der Waals surface area contributed by atoms with Crippen LogP contribution >= 0.6 is 0 Å². The summed E-state index contributed by atoms with van der Waals surface area (Å²) in [5.74, 6) is 1.13. The molecule has 1 saturated heterocycles. The van der Waals surface area contributed by atoms with Crippen molar-refractivity contribution in [2.45, 2.75) is 97.0 Å². The lowest BCUT2D eigenvalue weighted by Gasteiger charge is -2.40. The molecule has 4 aromatic rings. The molecule has 1 fully saturated rings. The van der Waals surface area contributed by atoms with Gasteiger partial charge in [0.25, 0.3) is 5.91 Å². The summed E-state index contributed by atoms with van der Waals surface area (Å²) >= 11 is 0. The molecule has 1 aromatic carbocycles. The van der Waals surface area contributed by atoms with E-state index >= 15 is 0 Å². The van der Waals surface area contributed by atoms with E-state index in [0.29, 0.717) is 23.3 Å². The molecule has 2 amide bonds. The number of hydrogen-bond donors (Lipinski definition) is 3. The summed E-state index contributed by atoms with van der Waals surface area (Å²) in [5, 5.41) is 14.5. The number of nitrogens with one attached hydrogen (secondary N) is 1. The van der Waals surface area contributed by atoms with Crippen molar-refractivity contribution >= 4 is 33.9 Å². The quantitative estimate of drug-likeness (QED) is 0.299. The summed E-state index contributed by atoms with van der Waals surface area (Å²) in [7, 11) is 3.56. The van der Waals surface area contributed by atoms with Crippen molar-refractivity contribution in [3.63, 3.8) is 0 Å². The minimum atomic E-state index is -0.660. The molecule has 11 nitrogen and oxygen atoms in total. The second-order valence-corrected chi connectivity index (χ2v) is 13.9. The number of rotatable bonds is 3. The van der Waals surface area contributed by atoms with Crippen molar-refractivity contribution in [3.05, 3.63) is 41.6 Å². The number of aliphatic hydroxyl groups is 1. The lowest BCUT2D eigenvalue weighted by Crippen LogP contribution is -2.57. The second kappa shape index (κ2) is 12.3. The van der Waals surface area contributed by atoms with Crippen LogP contribution in [0.2, 0.25) is 0 Å². The Morgan fingerprint density at radius 1 is 1.11 bits per heavy atom. The van der Waals surface area contributed by atoms with E-state index in [1.54, 1.807) is 24.1 Å². The number of methoxy groups -OCH3 is 1. The maximum absolute atomic E-state index is 13.7. The Hall–Kier alpha value is -3.96. The van der Waals surface area contributed by atoms with E-state index in [1.165, 1.54) is 0 Å². The third-order valence-electron chi connectivity index (χ3n) is 10.1. The lowest BCUT2D eigenvalue weighted by atomic mass is 9.85. The van der Waals surface area contributed by atoms with Crippen LogP contribution in [0.1, 0.15) is 88.3 Å². The zero-order valence-corrected chi connectivity index (χ0v) is 27.8. The largest absolute Gasteiger partial charge is 0.494 e. The van der Waals surface area contributed by atoms with Crippen LogP contribution in [0, 0.1) is 5.41 Å². The van der Waals surface area contributed by atoms with Crippen LogP contribution in [0.25, 0.3) is 33.6 Å². The average molecular weight is 630 g/mol. The van der Waals surface area contributed by atoms with Gasteiger partial charge in [-0.3, -0.25) is 9.59 Å². The van der Waals surface area contributed by atoms with Crippen molar-refractivity contribution in [2.24, 2.45) is 18.2 Å². The Morgan fingerprint density at radius 2 is 1.87 bits per heavy atom. The molecule has 3 aromatic heterocycles. The summed E-state index contributed by atoms with van der Waals surface area (Å²) in [4.78, 5) is 38.7. The molecule has 4 N–H and O–H groups in total. The molecular weight excluding hydrogens is 582 g/mol. The highest BCUT2D eigenvalue weighted by molar-refractivity contribution is 6.00. The number of aliphatic hydroxyl groups excluding tert-OH is 1. The summed E-state index contributed by atoms with van der Waals surface area (Å²) in [5.41, 5.74) is 10.3. The van der Waals surface area contributed by atoms with Gasteiger partial charge in [0.1, 0.15) is 16.9 Å². The van der Waals surface area contributed by atoms with Gasteiger partial charge < -0.3 is 34.9 Å². The number of ether oxygens (including phenoxy) is 1. The Morgan fingerprint density at radius 3 is 2.63 bits per heavy atom. The van der Waals surface area contributed by atoms with E-state index in [2.05, 4.69) is 22.0 Å². The number of nitrogens with two attached hydrogens (primary N) is 1. The molecule has 0 saturated carbocycles. The smallest absolute Gasteiger partial charge is 0.254 e. The van der Waals surface area contributed by atoms with Gasteiger partial charge in [-0.05, 0) is 63.4 Å². The highest BCUT2D eigenvalue weighted by Gasteiger charge is 2.35. The van der Waals surface area contributed by atoms with Crippen LogP contribution in [0.15, 0.2) is 30.3 Å². The predicted molar refractivity (Wildman–Crippen MR) is 179 cm³/mol. The zero-order valence-electron chi connectivity index (χ0n) is 27.8. The van der Waals surface area contributed by atoms with Crippen molar-refractivity contribution < 1.29 is 19.4 Å². The first-order valence-corrected chi connectivity index (χ1v) is 16.5. The molecule has 2 aliphatic rings. The van der Waals surface area contributed by atoms with E-state index < -0.39 is 11.5 Å². The van der Waals surface area contributed by atoms with Crippen LogP contribution in [-0.4, -0.2) is 72.8 Å². The maximum atomic E-state index is 13.7. The van der Waals surface area contributed by atoms with Crippen LogP contribution in [0.3, 0.4) is 0 Å². The first kappa shape index (κ1) is 32.0. The van der Waals surface area contributed by atoms with E-state index in [1.807, 2.05) is 45.4 Å². The Kier molecular flexibility index (Phi) is 8.58.